The molecule has 0 heterocycles. The van der Waals surface area contributed by atoms with Crippen LogP contribution in [0.2, 0.25) is 5.02 Å². The molecule has 0 bridgehead atoms. The van der Waals surface area contributed by atoms with Crippen molar-refractivity contribution in [3.8, 4) is 5.75 Å². The van der Waals surface area contributed by atoms with Crippen molar-refractivity contribution in [3.63, 3.8) is 0 Å². The molecule has 0 aliphatic heterocycles. The standard InChI is InChI=1S/C12H18ClNO/c1-3-14-8-7-10(2)15-12-6-4-5-11(13)9-12/h4-6,9-10,14H,3,7-8H2,1-2H3. The molecular weight excluding hydrogens is 210 g/mol. The maximum atomic E-state index is 5.86. The number of nitrogens with one attached hydrogen (secondary N) is 1. The molecule has 0 fully saturated rings. The third kappa shape index (κ3) is 5.05. The minimum absolute atomic E-state index is 0.211. The van der Waals surface area contributed by atoms with Gasteiger partial charge in [0, 0.05) is 5.02 Å². The maximum Gasteiger partial charge on any atom is 0.121 e. The van der Waals surface area contributed by atoms with Crippen molar-refractivity contribution in [3.05, 3.63) is 29.3 Å². The van der Waals surface area contributed by atoms with Gasteiger partial charge >= 0.3 is 0 Å². The van der Waals surface area contributed by atoms with E-state index in [1.807, 2.05) is 24.3 Å². The lowest BCUT2D eigenvalue weighted by molar-refractivity contribution is 0.210. The van der Waals surface area contributed by atoms with Crippen LogP contribution in [0, 0.1) is 0 Å². The predicted octanol–water partition coefficient (Wildman–Crippen LogP) is 3.11. The zero-order valence-electron chi connectivity index (χ0n) is 9.29. The van der Waals surface area contributed by atoms with Crippen molar-refractivity contribution >= 4 is 11.6 Å². The summed E-state index contributed by atoms with van der Waals surface area (Å²) in [7, 11) is 0. The minimum Gasteiger partial charge on any atom is -0.491 e. The van der Waals surface area contributed by atoms with Crippen LogP contribution in [-0.2, 0) is 0 Å². The zero-order valence-corrected chi connectivity index (χ0v) is 10.1. The lowest BCUT2D eigenvalue weighted by atomic mass is 10.2. The first-order valence-electron chi connectivity index (χ1n) is 5.35. The van der Waals surface area contributed by atoms with E-state index in [1.54, 1.807) is 0 Å². The number of hydrogen-bond donors (Lipinski definition) is 1. The first-order chi connectivity index (χ1) is 7.22. The Bertz CT molecular complexity index is 291. The van der Waals surface area contributed by atoms with E-state index in [0.717, 1.165) is 25.3 Å². The smallest absolute Gasteiger partial charge is 0.121 e. The van der Waals surface area contributed by atoms with E-state index in [4.69, 9.17) is 16.3 Å². The topological polar surface area (TPSA) is 21.3 Å². The van der Waals surface area contributed by atoms with Gasteiger partial charge in [0.2, 0.25) is 0 Å². The van der Waals surface area contributed by atoms with Crippen molar-refractivity contribution in [1.82, 2.24) is 5.32 Å². The Balaban J connectivity index is 2.34. The average molecular weight is 228 g/mol. The molecule has 1 rings (SSSR count). The van der Waals surface area contributed by atoms with E-state index in [0.29, 0.717) is 5.02 Å². The van der Waals surface area contributed by atoms with Crippen LogP contribution >= 0.6 is 11.6 Å². The van der Waals surface area contributed by atoms with Gasteiger partial charge in [0.05, 0.1) is 6.10 Å². The van der Waals surface area contributed by atoms with E-state index in [2.05, 4.69) is 19.2 Å². The Hall–Kier alpha value is -0.730. The zero-order chi connectivity index (χ0) is 11.1. The summed E-state index contributed by atoms with van der Waals surface area (Å²) in [5, 5.41) is 3.98. The third-order valence-corrected chi connectivity index (χ3v) is 2.35. The molecule has 0 aliphatic carbocycles. The monoisotopic (exact) mass is 227 g/mol. The Morgan fingerprint density at radius 1 is 1.47 bits per heavy atom. The van der Waals surface area contributed by atoms with Gasteiger partial charge in [-0.3, -0.25) is 0 Å². The van der Waals surface area contributed by atoms with Crippen LogP contribution in [0.4, 0.5) is 0 Å². The minimum atomic E-state index is 0.211. The highest BCUT2D eigenvalue weighted by Crippen LogP contribution is 2.18. The Morgan fingerprint density at radius 3 is 2.93 bits per heavy atom. The van der Waals surface area contributed by atoms with Crippen molar-refractivity contribution in [2.45, 2.75) is 26.4 Å². The van der Waals surface area contributed by atoms with Crippen LogP contribution in [0.1, 0.15) is 20.3 Å². The summed E-state index contributed by atoms with van der Waals surface area (Å²) in [6, 6.07) is 7.51. The summed E-state index contributed by atoms with van der Waals surface area (Å²) in [5.41, 5.74) is 0. The maximum absolute atomic E-state index is 5.86. The molecule has 2 nitrogen and oxygen atoms in total. The molecule has 0 radical (unpaired) electrons. The number of ether oxygens (including phenoxy) is 1. The fourth-order valence-corrected chi connectivity index (χ4v) is 1.49. The number of halogens is 1. The van der Waals surface area contributed by atoms with E-state index >= 15 is 0 Å². The van der Waals surface area contributed by atoms with Crippen LogP contribution in [0.15, 0.2) is 24.3 Å². The first kappa shape index (κ1) is 12.3. The molecule has 0 saturated heterocycles. The van der Waals surface area contributed by atoms with Crippen LogP contribution < -0.4 is 10.1 Å². The van der Waals surface area contributed by atoms with Crippen molar-refractivity contribution in [1.29, 1.82) is 0 Å². The SMILES string of the molecule is CCNCCC(C)Oc1cccc(Cl)c1. The Kier molecular flexibility index (Phi) is 5.51. The number of benzene rings is 1. The second kappa shape index (κ2) is 6.70. The molecule has 1 aromatic carbocycles. The van der Waals surface area contributed by atoms with Gasteiger partial charge in [0.25, 0.3) is 0 Å². The fraction of sp³-hybridized carbons (Fsp3) is 0.500. The summed E-state index contributed by atoms with van der Waals surface area (Å²) < 4.78 is 5.72. The molecule has 0 saturated carbocycles. The van der Waals surface area contributed by atoms with Gasteiger partial charge < -0.3 is 10.1 Å². The van der Waals surface area contributed by atoms with Crippen molar-refractivity contribution in [2.24, 2.45) is 0 Å². The summed E-state index contributed by atoms with van der Waals surface area (Å²) >= 11 is 5.86. The van der Waals surface area contributed by atoms with Gasteiger partial charge in [0.1, 0.15) is 5.75 Å². The summed E-state index contributed by atoms with van der Waals surface area (Å²) in [4.78, 5) is 0. The highest BCUT2D eigenvalue weighted by molar-refractivity contribution is 6.30. The summed E-state index contributed by atoms with van der Waals surface area (Å²) in [6.07, 6.45) is 1.21. The van der Waals surface area contributed by atoms with Crippen LogP contribution in [0.3, 0.4) is 0 Å². The highest BCUT2D eigenvalue weighted by atomic mass is 35.5. The van der Waals surface area contributed by atoms with E-state index in [-0.39, 0.29) is 6.10 Å². The second-order valence-corrected chi connectivity index (χ2v) is 3.96. The average Bonchev–Trinajstić information content (AvgIpc) is 2.18. The molecule has 84 valence electrons. The highest BCUT2D eigenvalue weighted by Gasteiger charge is 2.03. The van der Waals surface area contributed by atoms with Crippen LogP contribution in [0.5, 0.6) is 5.75 Å². The van der Waals surface area contributed by atoms with E-state index in [9.17, 15) is 0 Å². The van der Waals surface area contributed by atoms with Crippen molar-refractivity contribution in [2.75, 3.05) is 13.1 Å². The molecule has 1 aromatic rings. The lowest BCUT2D eigenvalue weighted by Crippen LogP contribution is -2.21. The second-order valence-electron chi connectivity index (χ2n) is 3.53. The molecule has 0 aromatic heterocycles. The van der Waals surface area contributed by atoms with E-state index in [1.165, 1.54) is 0 Å². The molecule has 15 heavy (non-hydrogen) atoms. The molecule has 1 unspecified atom stereocenters. The summed E-state index contributed by atoms with van der Waals surface area (Å²) in [5.74, 6) is 0.839. The van der Waals surface area contributed by atoms with Gasteiger partial charge in [0.15, 0.2) is 0 Å². The van der Waals surface area contributed by atoms with Crippen molar-refractivity contribution < 1.29 is 4.74 Å². The largest absolute Gasteiger partial charge is 0.491 e. The molecular formula is C12H18ClNO. The number of rotatable bonds is 6. The molecule has 1 N–H and O–H groups in total. The Labute approximate surface area is 96.6 Å². The van der Waals surface area contributed by atoms with E-state index < -0.39 is 0 Å². The van der Waals surface area contributed by atoms with Crippen LogP contribution in [-0.4, -0.2) is 19.2 Å². The molecule has 0 aliphatic rings. The quantitative estimate of drug-likeness (QED) is 0.755. The molecule has 1 atom stereocenters. The van der Waals surface area contributed by atoms with Gasteiger partial charge in [-0.2, -0.15) is 0 Å². The molecule has 3 heteroatoms. The molecule has 0 amide bonds. The predicted molar refractivity (Wildman–Crippen MR) is 64.7 cm³/mol. The lowest BCUT2D eigenvalue weighted by Gasteiger charge is -2.14. The van der Waals surface area contributed by atoms with Crippen LogP contribution in [0.25, 0.3) is 0 Å². The summed E-state index contributed by atoms with van der Waals surface area (Å²) in [6.45, 7) is 6.16. The fourth-order valence-electron chi connectivity index (χ4n) is 1.31. The van der Waals surface area contributed by atoms with Gasteiger partial charge in [-0.05, 0) is 44.6 Å². The number of hydrogen-bond acceptors (Lipinski definition) is 2. The van der Waals surface area contributed by atoms with Gasteiger partial charge in [-0.1, -0.05) is 24.6 Å². The first-order valence-corrected chi connectivity index (χ1v) is 5.73. The van der Waals surface area contributed by atoms with Gasteiger partial charge in [-0.25, -0.2) is 0 Å². The normalized spacial score (nSPS) is 12.5. The molecule has 0 spiro atoms. The third-order valence-electron chi connectivity index (χ3n) is 2.11. The Morgan fingerprint density at radius 2 is 2.27 bits per heavy atom. The van der Waals surface area contributed by atoms with Gasteiger partial charge in [-0.15, -0.1) is 0 Å².